The van der Waals surface area contributed by atoms with Crippen molar-refractivity contribution in [1.82, 2.24) is 5.32 Å². The van der Waals surface area contributed by atoms with E-state index >= 15 is 0 Å². The largest absolute Gasteiger partial charge is 0.327 e. The van der Waals surface area contributed by atoms with Crippen LogP contribution in [0.25, 0.3) is 0 Å². The number of nitrogens with one attached hydrogen (secondary N) is 1. The van der Waals surface area contributed by atoms with Crippen molar-refractivity contribution < 1.29 is 0 Å². The highest BCUT2D eigenvalue weighted by molar-refractivity contribution is 4.93. The zero-order valence-corrected chi connectivity index (χ0v) is 7.85. The fourth-order valence-electron chi connectivity index (χ4n) is 1.88. The van der Waals surface area contributed by atoms with Gasteiger partial charge >= 0.3 is 0 Å². The molecule has 0 spiro atoms. The Morgan fingerprint density at radius 1 is 1.64 bits per heavy atom. The van der Waals surface area contributed by atoms with Gasteiger partial charge in [-0.25, -0.2) is 0 Å². The van der Waals surface area contributed by atoms with Crippen LogP contribution in [0.15, 0.2) is 0 Å². The first-order valence-corrected chi connectivity index (χ1v) is 4.56. The summed E-state index contributed by atoms with van der Waals surface area (Å²) in [5.41, 5.74) is 6.44. The maximum Gasteiger partial charge on any atom is 0.0143 e. The molecule has 1 aliphatic rings. The molecule has 0 bridgehead atoms. The van der Waals surface area contributed by atoms with Gasteiger partial charge in [0.1, 0.15) is 0 Å². The lowest BCUT2D eigenvalue weighted by Crippen LogP contribution is -2.56. The van der Waals surface area contributed by atoms with Gasteiger partial charge in [0.15, 0.2) is 0 Å². The Balaban J connectivity index is 2.64. The fourth-order valence-corrected chi connectivity index (χ4v) is 1.88. The van der Waals surface area contributed by atoms with Crippen molar-refractivity contribution in [3.8, 4) is 0 Å². The molecule has 2 heteroatoms. The topological polar surface area (TPSA) is 38.0 Å². The Bertz CT molecular complexity index is 136. The van der Waals surface area contributed by atoms with Crippen LogP contribution >= 0.6 is 0 Å². The second kappa shape index (κ2) is 3.11. The van der Waals surface area contributed by atoms with E-state index in [1.54, 1.807) is 0 Å². The molecular formula is C9H20N2. The molecule has 3 unspecified atom stereocenters. The van der Waals surface area contributed by atoms with Gasteiger partial charge in [0.05, 0.1) is 0 Å². The molecule has 66 valence electrons. The smallest absolute Gasteiger partial charge is 0.0143 e. The first-order valence-electron chi connectivity index (χ1n) is 4.56. The van der Waals surface area contributed by atoms with Crippen LogP contribution in [0.3, 0.4) is 0 Å². The maximum atomic E-state index is 6.13. The van der Waals surface area contributed by atoms with Crippen LogP contribution in [0.2, 0.25) is 0 Å². The van der Waals surface area contributed by atoms with Crippen LogP contribution in [0.5, 0.6) is 0 Å². The summed E-state index contributed by atoms with van der Waals surface area (Å²) in [6.45, 7) is 8.89. The van der Waals surface area contributed by atoms with E-state index in [0.717, 1.165) is 13.1 Å². The minimum Gasteiger partial charge on any atom is -0.327 e. The summed E-state index contributed by atoms with van der Waals surface area (Å²) in [7, 11) is 0. The average Bonchev–Trinajstić information content (AvgIpc) is 2.00. The van der Waals surface area contributed by atoms with Gasteiger partial charge in [-0.2, -0.15) is 0 Å². The molecule has 0 aromatic carbocycles. The van der Waals surface area contributed by atoms with E-state index in [-0.39, 0.29) is 0 Å². The van der Waals surface area contributed by atoms with Crippen molar-refractivity contribution in [2.75, 3.05) is 13.1 Å². The highest BCUT2D eigenvalue weighted by atomic mass is 14.9. The van der Waals surface area contributed by atoms with Crippen LogP contribution in [-0.4, -0.2) is 19.1 Å². The molecule has 1 fully saturated rings. The van der Waals surface area contributed by atoms with Gasteiger partial charge in [0.2, 0.25) is 0 Å². The average molecular weight is 156 g/mol. The maximum absolute atomic E-state index is 6.13. The first-order chi connectivity index (χ1) is 5.10. The van der Waals surface area contributed by atoms with Gasteiger partial charge < -0.3 is 11.1 Å². The summed E-state index contributed by atoms with van der Waals surface area (Å²) in [5.74, 6) is 0.619. The van der Waals surface area contributed by atoms with Crippen molar-refractivity contribution in [1.29, 1.82) is 0 Å². The standard InChI is InChI=1S/C9H20N2/c1-4-9(3)6-11-5-7(2)8(9)10/h7-8,11H,4-6,10H2,1-3H3. The summed E-state index contributed by atoms with van der Waals surface area (Å²) in [4.78, 5) is 0. The van der Waals surface area contributed by atoms with Crippen molar-refractivity contribution in [2.24, 2.45) is 17.1 Å². The molecule has 0 aromatic heterocycles. The molecule has 11 heavy (non-hydrogen) atoms. The van der Waals surface area contributed by atoms with E-state index in [2.05, 4.69) is 26.1 Å². The molecule has 0 saturated carbocycles. The second-order valence-electron chi connectivity index (χ2n) is 4.14. The SMILES string of the molecule is CCC1(C)CNCC(C)C1N. The van der Waals surface area contributed by atoms with E-state index in [9.17, 15) is 0 Å². The summed E-state index contributed by atoms with van der Waals surface area (Å²) < 4.78 is 0. The molecule has 0 radical (unpaired) electrons. The second-order valence-corrected chi connectivity index (χ2v) is 4.14. The highest BCUT2D eigenvalue weighted by Gasteiger charge is 2.36. The molecular weight excluding hydrogens is 136 g/mol. The van der Waals surface area contributed by atoms with Crippen molar-refractivity contribution in [2.45, 2.75) is 33.2 Å². The van der Waals surface area contributed by atoms with Crippen LogP contribution in [-0.2, 0) is 0 Å². The third-order valence-corrected chi connectivity index (χ3v) is 3.22. The van der Waals surface area contributed by atoms with Gasteiger partial charge in [-0.05, 0) is 24.3 Å². The number of piperidine rings is 1. The molecule has 2 nitrogen and oxygen atoms in total. The summed E-state index contributed by atoms with van der Waals surface area (Å²) in [6, 6.07) is 0.369. The first kappa shape index (κ1) is 9.01. The van der Waals surface area contributed by atoms with Gasteiger partial charge in [0.25, 0.3) is 0 Å². The monoisotopic (exact) mass is 156 g/mol. The number of nitrogens with two attached hydrogens (primary N) is 1. The predicted octanol–water partition coefficient (Wildman–Crippen LogP) is 0.969. The Morgan fingerprint density at radius 3 is 2.73 bits per heavy atom. The normalized spacial score (nSPS) is 45.8. The van der Waals surface area contributed by atoms with Gasteiger partial charge in [0, 0.05) is 12.6 Å². The molecule has 3 atom stereocenters. The number of hydrogen-bond acceptors (Lipinski definition) is 2. The molecule has 3 N–H and O–H groups in total. The molecule has 0 aliphatic carbocycles. The third kappa shape index (κ3) is 1.57. The number of hydrogen-bond donors (Lipinski definition) is 2. The van der Waals surface area contributed by atoms with Crippen molar-refractivity contribution in [3.05, 3.63) is 0 Å². The van der Waals surface area contributed by atoms with Crippen LogP contribution in [0, 0.1) is 11.3 Å². The van der Waals surface area contributed by atoms with Gasteiger partial charge in [-0.3, -0.25) is 0 Å². The lowest BCUT2D eigenvalue weighted by Gasteiger charge is -2.43. The Morgan fingerprint density at radius 2 is 2.27 bits per heavy atom. The molecule has 1 aliphatic heterocycles. The molecule has 1 rings (SSSR count). The quantitative estimate of drug-likeness (QED) is 0.593. The van der Waals surface area contributed by atoms with Crippen molar-refractivity contribution in [3.63, 3.8) is 0 Å². The van der Waals surface area contributed by atoms with Crippen LogP contribution in [0.4, 0.5) is 0 Å². The Kier molecular flexibility index (Phi) is 2.55. The summed E-state index contributed by atoms with van der Waals surface area (Å²) in [6.07, 6.45) is 1.17. The lowest BCUT2D eigenvalue weighted by molar-refractivity contribution is 0.142. The summed E-state index contributed by atoms with van der Waals surface area (Å²) in [5, 5.41) is 3.43. The van der Waals surface area contributed by atoms with E-state index in [0.29, 0.717) is 17.4 Å². The fraction of sp³-hybridized carbons (Fsp3) is 1.00. The predicted molar refractivity (Wildman–Crippen MR) is 48.4 cm³/mol. The third-order valence-electron chi connectivity index (χ3n) is 3.22. The molecule has 1 heterocycles. The van der Waals surface area contributed by atoms with Crippen molar-refractivity contribution >= 4 is 0 Å². The zero-order valence-electron chi connectivity index (χ0n) is 7.85. The van der Waals surface area contributed by atoms with E-state index in [1.807, 2.05) is 0 Å². The highest BCUT2D eigenvalue weighted by Crippen LogP contribution is 2.30. The lowest BCUT2D eigenvalue weighted by atomic mass is 9.72. The zero-order chi connectivity index (χ0) is 8.48. The molecule has 0 amide bonds. The van der Waals surface area contributed by atoms with Gasteiger partial charge in [-0.15, -0.1) is 0 Å². The van der Waals surface area contributed by atoms with E-state index in [4.69, 9.17) is 5.73 Å². The van der Waals surface area contributed by atoms with Crippen LogP contribution < -0.4 is 11.1 Å². The van der Waals surface area contributed by atoms with Gasteiger partial charge in [-0.1, -0.05) is 20.8 Å². The Labute approximate surface area is 69.5 Å². The summed E-state index contributed by atoms with van der Waals surface area (Å²) >= 11 is 0. The van der Waals surface area contributed by atoms with E-state index in [1.165, 1.54) is 6.42 Å². The minimum absolute atomic E-state index is 0.317. The minimum atomic E-state index is 0.317. The molecule has 0 aromatic rings. The number of rotatable bonds is 1. The van der Waals surface area contributed by atoms with E-state index < -0.39 is 0 Å². The van der Waals surface area contributed by atoms with Crippen LogP contribution in [0.1, 0.15) is 27.2 Å². The molecule has 1 saturated heterocycles. The Hall–Kier alpha value is -0.0800.